The van der Waals surface area contributed by atoms with Crippen LogP contribution in [0.25, 0.3) is 0 Å². The molecule has 2 aromatic rings. The molecular formula is C22H31N5O. The molecule has 6 nitrogen and oxygen atoms in total. The molecule has 1 amide bonds. The molecule has 1 saturated heterocycles. The Balaban J connectivity index is 1.55. The Bertz CT molecular complexity index is 712. The van der Waals surface area contributed by atoms with E-state index in [2.05, 4.69) is 63.2 Å². The molecule has 0 saturated carbocycles. The molecule has 1 aromatic heterocycles. The Morgan fingerprint density at radius 1 is 1.11 bits per heavy atom. The van der Waals surface area contributed by atoms with Crippen LogP contribution in [-0.4, -0.2) is 53.5 Å². The highest BCUT2D eigenvalue weighted by Crippen LogP contribution is 2.22. The monoisotopic (exact) mass is 381 g/mol. The Morgan fingerprint density at radius 3 is 2.36 bits per heavy atom. The Hall–Kier alpha value is -2.47. The molecular weight excluding hydrogens is 350 g/mol. The number of piperidine rings is 1. The number of aromatic nitrogens is 2. The van der Waals surface area contributed by atoms with Gasteiger partial charge in [-0.2, -0.15) is 0 Å². The van der Waals surface area contributed by atoms with Crippen LogP contribution in [0.15, 0.2) is 48.8 Å². The van der Waals surface area contributed by atoms with E-state index < -0.39 is 0 Å². The number of hydrogen-bond acceptors (Lipinski definition) is 5. The van der Waals surface area contributed by atoms with Crippen molar-refractivity contribution in [3.8, 4) is 0 Å². The fourth-order valence-electron chi connectivity index (χ4n) is 3.94. The van der Waals surface area contributed by atoms with Crippen LogP contribution in [0.4, 0.5) is 5.95 Å². The fraction of sp³-hybridized carbons (Fsp3) is 0.500. The van der Waals surface area contributed by atoms with E-state index in [-0.39, 0.29) is 17.9 Å². The highest BCUT2D eigenvalue weighted by Gasteiger charge is 2.27. The standard InChI is InChI=1S/C22H31N5O/c1-3-26(4-2)20(18-9-6-5-7-10-18)17-25-21(28)19-11-15-27(16-12-19)22-23-13-8-14-24-22/h5-10,13-14,19-20H,3-4,11-12,15-17H2,1-2H3,(H,25,28)/t20-/m0/s1. The number of amides is 1. The molecule has 2 heterocycles. The highest BCUT2D eigenvalue weighted by atomic mass is 16.1. The lowest BCUT2D eigenvalue weighted by atomic mass is 9.95. The summed E-state index contributed by atoms with van der Waals surface area (Å²) in [6, 6.07) is 12.5. The number of likely N-dealkylation sites (N-methyl/N-ethyl adjacent to an activating group) is 1. The molecule has 1 aliphatic rings. The topological polar surface area (TPSA) is 61.4 Å². The maximum absolute atomic E-state index is 12.8. The van der Waals surface area contributed by atoms with Crippen molar-refractivity contribution in [2.45, 2.75) is 32.7 Å². The molecule has 0 radical (unpaired) electrons. The molecule has 1 fully saturated rings. The predicted octanol–water partition coefficient (Wildman–Crippen LogP) is 2.89. The normalized spacial score (nSPS) is 16.2. The van der Waals surface area contributed by atoms with E-state index in [1.165, 1.54) is 5.56 Å². The second-order valence-electron chi connectivity index (χ2n) is 7.20. The first-order valence-corrected chi connectivity index (χ1v) is 10.3. The van der Waals surface area contributed by atoms with Crippen molar-refractivity contribution in [2.24, 2.45) is 5.92 Å². The first kappa shape index (κ1) is 20.3. The quantitative estimate of drug-likeness (QED) is 0.762. The van der Waals surface area contributed by atoms with Gasteiger partial charge in [0.25, 0.3) is 0 Å². The molecule has 1 aliphatic heterocycles. The van der Waals surface area contributed by atoms with Crippen molar-refractivity contribution in [1.82, 2.24) is 20.2 Å². The number of anilines is 1. The third-order valence-corrected chi connectivity index (χ3v) is 5.61. The molecule has 3 rings (SSSR count). The molecule has 150 valence electrons. The molecule has 1 N–H and O–H groups in total. The van der Waals surface area contributed by atoms with Crippen molar-refractivity contribution >= 4 is 11.9 Å². The van der Waals surface area contributed by atoms with Gasteiger partial charge in [0, 0.05) is 37.9 Å². The van der Waals surface area contributed by atoms with Gasteiger partial charge in [0.1, 0.15) is 0 Å². The van der Waals surface area contributed by atoms with Crippen LogP contribution < -0.4 is 10.2 Å². The van der Waals surface area contributed by atoms with Crippen molar-refractivity contribution in [2.75, 3.05) is 37.6 Å². The minimum atomic E-state index is 0.0630. The van der Waals surface area contributed by atoms with E-state index in [9.17, 15) is 4.79 Å². The van der Waals surface area contributed by atoms with E-state index >= 15 is 0 Å². The van der Waals surface area contributed by atoms with Crippen LogP contribution in [0.5, 0.6) is 0 Å². The van der Waals surface area contributed by atoms with Gasteiger partial charge in [0.2, 0.25) is 11.9 Å². The van der Waals surface area contributed by atoms with Crippen LogP contribution in [0.3, 0.4) is 0 Å². The minimum absolute atomic E-state index is 0.0630. The van der Waals surface area contributed by atoms with Gasteiger partial charge >= 0.3 is 0 Å². The highest BCUT2D eigenvalue weighted by molar-refractivity contribution is 5.79. The lowest BCUT2D eigenvalue weighted by molar-refractivity contribution is -0.125. The van der Waals surface area contributed by atoms with Gasteiger partial charge in [-0.1, -0.05) is 44.2 Å². The van der Waals surface area contributed by atoms with Gasteiger partial charge < -0.3 is 10.2 Å². The summed E-state index contributed by atoms with van der Waals surface area (Å²) in [4.78, 5) is 26.0. The zero-order chi connectivity index (χ0) is 19.8. The van der Waals surface area contributed by atoms with Gasteiger partial charge in [0.15, 0.2) is 0 Å². The fourth-order valence-corrected chi connectivity index (χ4v) is 3.94. The predicted molar refractivity (Wildman–Crippen MR) is 112 cm³/mol. The van der Waals surface area contributed by atoms with Crippen LogP contribution in [-0.2, 0) is 4.79 Å². The molecule has 0 spiro atoms. The first-order valence-electron chi connectivity index (χ1n) is 10.3. The van der Waals surface area contributed by atoms with Crippen molar-refractivity contribution in [3.63, 3.8) is 0 Å². The molecule has 28 heavy (non-hydrogen) atoms. The zero-order valence-corrected chi connectivity index (χ0v) is 16.9. The minimum Gasteiger partial charge on any atom is -0.354 e. The van der Waals surface area contributed by atoms with Gasteiger partial charge in [-0.15, -0.1) is 0 Å². The number of benzene rings is 1. The summed E-state index contributed by atoms with van der Waals surface area (Å²) in [5.74, 6) is 0.988. The molecule has 1 atom stereocenters. The first-order chi connectivity index (χ1) is 13.7. The van der Waals surface area contributed by atoms with Gasteiger partial charge in [-0.05, 0) is 37.6 Å². The average molecular weight is 382 g/mol. The van der Waals surface area contributed by atoms with E-state index in [4.69, 9.17) is 0 Å². The second-order valence-corrected chi connectivity index (χ2v) is 7.20. The van der Waals surface area contributed by atoms with Gasteiger partial charge in [-0.3, -0.25) is 9.69 Å². The maximum Gasteiger partial charge on any atom is 0.225 e. The summed E-state index contributed by atoms with van der Waals surface area (Å²) in [5, 5.41) is 3.22. The zero-order valence-electron chi connectivity index (χ0n) is 16.9. The largest absolute Gasteiger partial charge is 0.354 e. The van der Waals surface area contributed by atoms with Crippen LogP contribution in [0.2, 0.25) is 0 Å². The van der Waals surface area contributed by atoms with Gasteiger partial charge in [-0.25, -0.2) is 9.97 Å². The van der Waals surface area contributed by atoms with Crippen LogP contribution in [0, 0.1) is 5.92 Å². The van der Waals surface area contributed by atoms with E-state index in [1.807, 2.05) is 12.1 Å². The summed E-state index contributed by atoms with van der Waals surface area (Å²) < 4.78 is 0. The molecule has 0 aliphatic carbocycles. The van der Waals surface area contributed by atoms with Crippen LogP contribution in [0.1, 0.15) is 38.3 Å². The third kappa shape index (κ3) is 5.07. The second kappa shape index (κ2) is 10.2. The molecule has 0 bridgehead atoms. The van der Waals surface area contributed by atoms with E-state index in [0.29, 0.717) is 6.54 Å². The molecule has 6 heteroatoms. The van der Waals surface area contributed by atoms with Crippen molar-refractivity contribution in [3.05, 3.63) is 54.4 Å². The van der Waals surface area contributed by atoms with Gasteiger partial charge in [0.05, 0.1) is 6.04 Å². The summed E-state index contributed by atoms with van der Waals surface area (Å²) in [5.41, 5.74) is 1.25. The molecule has 0 unspecified atom stereocenters. The van der Waals surface area contributed by atoms with Crippen molar-refractivity contribution < 1.29 is 4.79 Å². The number of nitrogens with one attached hydrogen (secondary N) is 1. The van der Waals surface area contributed by atoms with Crippen LogP contribution >= 0.6 is 0 Å². The Labute approximate surface area is 168 Å². The Kier molecular flexibility index (Phi) is 7.37. The Morgan fingerprint density at radius 2 is 1.75 bits per heavy atom. The summed E-state index contributed by atoms with van der Waals surface area (Å²) in [6.07, 6.45) is 5.20. The lowest BCUT2D eigenvalue weighted by Crippen LogP contribution is -2.44. The lowest BCUT2D eigenvalue weighted by Gasteiger charge is -2.33. The number of carbonyl (C=O) groups excluding carboxylic acids is 1. The number of rotatable bonds is 8. The summed E-state index contributed by atoms with van der Waals surface area (Å²) >= 11 is 0. The van der Waals surface area contributed by atoms with E-state index in [1.54, 1.807) is 12.4 Å². The van der Waals surface area contributed by atoms with E-state index in [0.717, 1.165) is 45.0 Å². The SMILES string of the molecule is CCN(CC)[C@@H](CNC(=O)C1CCN(c2ncccn2)CC1)c1ccccc1. The van der Waals surface area contributed by atoms with Crippen molar-refractivity contribution in [1.29, 1.82) is 0 Å². The smallest absolute Gasteiger partial charge is 0.225 e. The number of nitrogens with zero attached hydrogens (tertiary/aromatic N) is 4. The summed E-state index contributed by atoms with van der Waals surface area (Å²) in [6.45, 7) is 8.54. The number of hydrogen-bond donors (Lipinski definition) is 1. The third-order valence-electron chi connectivity index (χ3n) is 5.61. The molecule has 1 aromatic carbocycles. The summed E-state index contributed by atoms with van der Waals surface area (Å²) in [7, 11) is 0. The maximum atomic E-state index is 12.8. The number of carbonyl (C=O) groups is 1. The average Bonchev–Trinajstić information content (AvgIpc) is 2.77.